The summed E-state index contributed by atoms with van der Waals surface area (Å²) in [6.45, 7) is 5.90. The Balaban J connectivity index is 0.00000225. The molecule has 4 heteroatoms. The summed E-state index contributed by atoms with van der Waals surface area (Å²) in [6.07, 6.45) is 0. The Morgan fingerprint density at radius 2 is 1.94 bits per heavy atom. The molecule has 0 radical (unpaired) electrons. The van der Waals surface area contributed by atoms with Crippen LogP contribution >= 0.6 is 12.4 Å². The van der Waals surface area contributed by atoms with Gasteiger partial charge in [0.1, 0.15) is 0 Å². The number of benzene rings is 1. The smallest absolute Gasteiger partial charge is 0.240 e. The van der Waals surface area contributed by atoms with Crippen LogP contribution in [0.3, 0.4) is 0 Å². The standard InChI is InChI=1S/C12H18N2O.ClH/c1-8(2)10-5-4-6-11(7-10)14-12(15)9(3)13;/h4-9H,13H2,1-3H3,(H,14,15);1H/t9-;/m1./s1. The van der Waals surface area contributed by atoms with E-state index in [-0.39, 0.29) is 18.3 Å². The minimum absolute atomic E-state index is 0. The predicted octanol–water partition coefficient (Wildman–Crippen LogP) is 2.52. The van der Waals surface area contributed by atoms with Crippen LogP contribution in [0.5, 0.6) is 0 Å². The first-order chi connectivity index (χ1) is 7.00. The minimum Gasteiger partial charge on any atom is -0.325 e. The first-order valence-electron chi connectivity index (χ1n) is 5.17. The van der Waals surface area contributed by atoms with E-state index < -0.39 is 6.04 Å². The molecule has 1 aromatic rings. The first-order valence-corrected chi connectivity index (χ1v) is 5.17. The van der Waals surface area contributed by atoms with Crippen LogP contribution in [-0.4, -0.2) is 11.9 Å². The highest BCUT2D eigenvalue weighted by Crippen LogP contribution is 2.18. The van der Waals surface area contributed by atoms with Crippen molar-refractivity contribution in [2.75, 3.05) is 5.32 Å². The Hall–Kier alpha value is -1.06. The molecule has 0 bridgehead atoms. The number of anilines is 1. The van der Waals surface area contributed by atoms with E-state index in [2.05, 4.69) is 19.2 Å². The fraction of sp³-hybridized carbons (Fsp3) is 0.417. The summed E-state index contributed by atoms with van der Waals surface area (Å²) >= 11 is 0. The van der Waals surface area contributed by atoms with Gasteiger partial charge in [0.2, 0.25) is 5.91 Å². The molecule has 3 N–H and O–H groups in total. The molecule has 90 valence electrons. The zero-order valence-corrected chi connectivity index (χ0v) is 10.7. The SMILES string of the molecule is CC(C)c1cccc(NC(=O)[C@@H](C)N)c1.Cl. The van der Waals surface area contributed by atoms with E-state index in [9.17, 15) is 4.79 Å². The monoisotopic (exact) mass is 242 g/mol. The van der Waals surface area contributed by atoms with Gasteiger partial charge in [-0.15, -0.1) is 12.4 Å². The van der Waals surface area contributed by atoms with Gasteiger partial charge < -0.3 is 11.1 Å². The lowest BCUT2D eigenvalue weighted by Crippen LogP contribution is -2.32. The van der Waals surface area contributed by atoms with Gasteiger partial charge in [-0.3, -0.25) is 4.79 Å². The molecule has 0 aromatic heterocycles. The average molecular weight is 243 g/mol. The number of hydrogen-bond donors (Lipinski definition) is 2. The van der Waals surface area contributed by atoms with Gasteiger partial charge in [0.25, 0.3) is 0 Å². The summed E-state index contributed by atoms with van der Waals surface area (Å²) in [5.74, 6) is 0.299. The molecule has 16 heavy (non-hydrogen) atoms. The van der Waals surface area contributed by atoms with Crippen LogP contribution in [0.2, 0.25) is 0 Å². The summed E-state index contributed by atoms with van der Waals surface area (Å²) < 4.78 is 0. The number of hydrogen-bond acceptors (Lipinski definition) is 2. The number of rotatable bonds is 3. The molecule has 0 aliphatic carbocycles. The summed E-state index contributed by atoms with van der Waals surface area (Å²) in [6, 6.07) is 7.35. The van der Waals surface area contributed by atoms with Crippen LogP contribution in [0, 0.1) is 0 Å². The van der Waals surface area contributed by atoms with Crippen molar-refractivity contribution in [3.63, 3.8) is 0 Å². The highest BCUT2D eigenvalue weighted by molar-refractivity contribution is 5.94. The maximum Gasteiger partial charge on any atom is 0.240 e. The quantitative estimate of drug-likeness (QED) is 0.856. The van der Waals surface area contributed by atoms with E-state index in [1.807, 2.05) is 24.3 Å². The fourth-order valence-corrected chi connectivity index (χ4v) is 1.23. The summed E-state index contributed by atoms with van der Waals surface area (Å²) in [5, 5.41) is 2.77. The van der Waals surface area contributed by atoms with Crippen LogP contribution in [0.15, 0.2) is 24.3 Å². The number of amides is 1. The molecule has 0 saturated carbocycles. The molecule has 0 fully saturated rings. The average Bonchev–Trinajstić information content (AvgIpc) is 2.18. The van der Waals surface area contributed by atoms with E-state index in [0.29, 0.717) is 5.92 Å². The maximum absolute atomic E-state index is 11.4. The number of nitrogens with one attached hydrogen (secondary N) is 1. The van der Waals surface area contributed by atoms with E-state index >= 15 is 0 Å². The molecule has 1 amide bonds. The largest absolute Gasteiger partial charge is 0.325 e. The molecule has 0 aliphatic rings. The fourth-order valence-electron chi connectivity index (χ4n) is 1.23. The highest BCUT2D eigenvalue weighted by Gasteiger charge is 2.07. The summed E-state index contributed by atoms with van der Waals surface area (Å²) in [4.78, 5) is 11.4. The van der Waals surface area contributed by atoms with Crippen molar-refractivity contribution in [2.45, 2.75) is 32.7 Å². The Morgan fingerprint density at radius 1 is 1.31 bits per heavy atom. The Bertz CT molecular complexity index is 351. The van der Waals surface area contributed by atoms with Crippen molar-refractivity contribution in [3.8, 4) is 0 Å². The molecule has 0 aliphatic heterocycles. The molecule has 0 saturated heterocycles. The lowest BCUT2D eigenvalue weighted by molar-refractivity contribution is -0.117. The number of carbonyl (C=O) groups is 1. The van der Waals surface area contributed by atoms with Crippen LogP contribution in [0.4, 0.5) is 5.69 Å². The highest BCUT2D eigenvalue weighted by atomic mass is 35.5. The topological polar surface area (TPSA) is 55.1 Å². The van der Waals surface area contributed by atoms with Gasteiger partial charge in [0.15, 0.2) is 0 Å². The van der Waals surface area contributed by atoms with Gasteiger partial charge >= 0.3 is 0 Å². The summed E-state index contributed by atoms with van der Waals surface area (Å²) in [5.41, 5.74) is 7.48. The molecule has 0 heterocycles. The normalized spacial score (nSPS) is 11.8. The molecule has 1 atom stereocenters. The third-order valence-electron chi connectivity index (χ3n) is 2.23. The van der Waals surface area contributed by atoms with Gasteiger partial charge in [0, 0.05) is 5.69 Å². The van der Waals surface area contributed by atoms with Crippen LogP contribution in [-0.2, 0) is 4.79 Å². The van der Waals surface area contributed by atoms with Gasteiger partial charge in [-0.25, -0.2) is 0 Å². The number of halogens is 1. The van der Waals surface area contributed by atoms with Crippen molar-refractivity contribution in [3.05, 3.63) is 29.8 Å². The van der Waals surface area contributed by atoms with E-state index in [4.69, 9.17) is 5.73 Å². The van der Waals surface area contributed by atoms with Crippen molar-refractivity contribution in [1.29, 1.82) is 0 Å². The lowest BCUT2D eigenvalue weighted by Gasteiger charge is -2.10. The van der Waals surface area contributed by atoms with Gasteiger partial charge in [-0.05, 0) is 30.5 Å². The zero-order chi connectivity index (χ0) is 11.4. The van der Waals surface area contributed by atoms with Crippen molar-refractivity contribution in [2.24, 2.45) is 5.73 Å². The van der Waals surface area contributed by atoms with E-state index in [1.54, 1.807) is 6.92 Å². The molecule has 1 aromatic carbocycles. The maximum atomic E-state index is 11.4. The minimum atomic E-state index is -0.479. The van der Waals surface area contributed by atoms with Crippen molar-refractivity contribution in [1.82, 2.24) is 0 Å². The second-order valence-electron chi connectivity index (χ2n) is 4.06. The van der Waals surface area contributed by atoms with Gasteiger partial charge in [-0.2, -0.15) is 0 Å². The van der Waals surface area contributed by atoms with Crippen LogP contribution in [0.25, 0.3) is 0 Å². The van der Waals surface area contributed by atoms with Gasteiger partial charge in [0.05, 0.1) is 6.04 Å². The molecular formula is C12H19ClN2O. The Kier molecular flexibility index (Phi) is 6.08. The van der Waals surface area contributed by atoms with Crippen molar-refractivity contribution < 1.29 is 4.79 Å². The molecule has 1 rings (SSSR count). The first kappa shape index (κ1) is 14.9. The van der Waals surface area contributed by atoms with Crippen LogP contribution < -0.4 is 11.1 Å². The van der Waals surface area contributed by atoms with Crippen LogP contribution in [0.1, 0.15) is 32.3 Å². The molecular weight excluding hydrogens is 224 g/mol. The molecule has 0 spiro atoms. The van der Waals surface area contributed by atoms with E-state index in [1.165, 1.54) is 5.56 Å². The second kappa shape index (κ2) is 6.51. The third kappa shape index (κ3) is 4.21. The van der Waals surface area contributed by atoms with Gasteiger partial charge in [-0.1, -0.05) is 26.0 Å². The lowest BCUT2D eigenvalue weighted by atomic mass is 10.0. The zero-order valence-electron chi connectivity index (χ0n) is 9.86. The third-order valence-corrected chi connectivity index (χ3v) is 2.23. The summed E-state index contributed by atoms with van der Waals surface area (Å²) in [7, 11) is 0. The second-order valence-corrected chi connectivity index (χ2v) is 4.06. The number of nitrogens with two attached hydrogens (primary N) is 1. The Morgan fingerprint density at radius 3 is 2.44 bits per heavy atom. The predicted molar refractivity (Wildman–Crippen MR) is 70.1 cm³/mol. The Labute approximate surface area is 103 Å². The molecule has 0 unspecified atom stereocenters. The van der Waals surface area contributed by atoms with E-state index in [0.717, 1.165) is 5.69 Å². The molecule has 3 nitrogen and oxygen atoms in total. The van der Waals surface area contributed by atoms with Crippen molar-refractivity contribution >= 4 is 24.0 Å². The number of carbonyl (C=O) groups excluding carboxylic acids is 1.